The van der Waals surface area contributed by atoms with Crippen LogP contribution < -0.4 is 11.5 Å². The van der Waals surface area contributed by atoms with E-state index >= 15 is 0 Å². The van der Waals surface area contributed by atoms with Gasteiger partial charge in [-0.2, -0.15) is 0 Å². The second-order valence-corrected chi connectivity index (χ2v) is 5.40. The minimum Gasteiger partial charge on any atom is -0.366 e. The smallest absolute Gasteiger partial charge is 0.248 e. The molecule has 1 aliphatic carbocycles. The summed E-state index contributed by atoms with van der Waals surface area (Å²) < 4.78 is 0. The molecular weight excluding hydrogens is 300 g/mol. The van der Waals surface area contributed by atoms with Crippen molar-refractivity contribution < 1.29 is 9.59 Å². The second-order valence-electron chi connectivity index (χ2n) is 5.40. The van der Waals surface area contributed by atoms with Gasteiger partial charge < -0.3 is 11.5 Å². The third-order valence-electron chi connectivity index (χ3n) is 3.89. The molecule has 0 aromatic heterocycles. The van der Waals surface area contributed by atoms with Crippen LogP contribution in [0.3, 0.4) is 0 Å². The summed E-state index contributed by atoms with van der Waals surface area (Å²) in [6, 6.07) is 22.9. The number of nitrogens with two attached hydrogens (primary N) is 2. The van der Waals surface area contributed by atoms with Crippen LogP contribution in [0.4, 0.5) is 0 Å². The molecule has 4 nitrogen and oxygen atoms in total. The molecule has 4 heteroatoms. The van der Waals surface area contributed by atoms with E-state index in [9.17, 15) is 9.59 Å². The molecule has 0 fully saturated rings. The summed E-state index contributed by atoms with van der Waals surface area (Å²) in [5.74, 6) is -1.04. The fourth-order valence-electron chi connectivity index (χ4n) is 2.64. The van der Waals surface area contributed by atoms with E-state index in [0.29, 0.717) is 11.1 Å². The first-order valence-electron chi connectivity index (χ1n) is 7.46. The van der Waals surface area contributed by atoms with Gasteiger partial charge in [0.25, 0.3) is 0 Å². The van der Waals surface area contributed by atoms with Crippen LogP contribution in [0.2, 0.25) is 0 Å². The number of carbonyl (C=O) groups is 2. The molecule has 0 aliphatic heterocycles. The Bertz CT molecular complexity index is 782. The van der Waals surface area contributed by atoms with Gasteiger partial charge in [-0.15, -0.1) is 0 Å². The van der Waals surface area contributed by atoms with Gasteiger partial charge in [-0.1, -0.05) is 48.5 Å². The molecule has 24 heavy (non-hydrogen) atoms. The summed E-state index contributed by atoms with van der Waals surface area (Å²) in [4.78, 5) is 21.2. The third-order valence-corrected chi connectivity index (χ3v) is 3.89. The number of amides is 2. The van der Waals surface area contributed by atoms with Gasteiger partial charge in [-0.25, -0.2) is 0 Å². The van der Waals surface area contributed by atoms with Crippen molar-refractivity contribution in [2.45, 2.75) is 0 Å². The first kappa shape index (κ1) is 15.5. The molecule has 4 rings (SSSR count). The highest BCUT2D eigenvalue weighted by atomic mass is 16.1. The average Bonchev–Trinajstić information content (AvgIpc) is 2.60. The van der Waals surface area contributed by atoms with Crippen molar-refractivity contribution in [3.63, 3.8) is 0 Å². The van der Waals surface area contributed by atoms with Crippen LogP contribution >= 0.6 is 0 Å². The van der Waals surface area contributed by atoms with Crippen LogP contribution in [0.15, 0.2) is 72.8 Å². The van der Waals surface area contributed by atoms with E-state index in [1.807, 2.05) is 0 Å². The SMILES string of the molecule is NC(=O)c1ccc(C(N)=O)cc1.c1ccc2c(c1)-c1ccccc1-2. The van der Waals surface area contributed by atoms with Crippen molar-refractivity contribution in [1.29, 1.82) is 0 Å². The second kappa shape index (κ2) is 6.38. The Morgan fingerprint density at radius 1 is 0.500 bits per heavy atom. The minimum absolute atomic E-state index is 0.361. The van der Waals surface area contributed by atoms with E-state index in [1.54, 1.807) is 0 Å². The fourth-order valence-corrected chi connectivity index (χ4v) is 2.64. The molecule has 0 saturated carbocycles. The van der Waals surface area contributed by atoms with Crippen LogP contribution in [0.5, 0.6) is 0 Å². The van der Waals surface area contributed by atoms with E-state index in [1.165, 1.54) is 46.5 Å². The number of hydrogen-bond acceptors (Lipinski definition) is 2. The molecule has 3 aromatic rings. The maximum Gasteiger partial charge on any atom is 0.248 e. The Morgan fingerprint density at radius 3 is 0.958 bits per heavy atom. The highest BCUT2D eigenvalue weighted by Gasteiger charge is 2.19. The highest BCUT2D eigenvalue weighted by Crippen LogP contribution is 2.46. The zero-order valence-corrected chi connectivity index (χ0v) is 12.9. The predicted molar refractivity (Wildman–Crippen MR) is 94.3 cm³/mol. The summed E-state index contributed by atoms with van der Waals surface area (Å²) in [5, 5.41) is 0. The quantitative estimate of drug-likeness (QED) is 0.595. The van der Waals surface area contributed by atoms with Crippen molar-refractivity contribution in [2.75, 3.05) is 0 Å². The summed E-state index contributed by atoms with van der Waals surface area (Å²) in [7, 11) is 0. The van der Waals surface area contributed by atoms with E-state index in [4.69, 9.17) is 11.5 Å². The third kappa shape index (κ3) is 2.90. The number of benzene rings is 3. The van der Waals surface area contributed by atoms with E-state index in [2.05, 4.69) is 48.5 Å². The first-order chi connectivity index (χ1) is 11.6. The molecule has 0 heterocycles. The Labute approximate surface area is 139 Å². The van der Waals surface area contributed by atoms with Gasteiger partial charge in [-0.3, -0.25) is 9.59 Å². The van der Waals surface area contributed by atoms with Gasteiger partial charge in [0.1, 0.15) is 0 Å². The number of fused-ring (bicyclic) bond motifs is 4. The van der Waals surface area contributed by atoms with Crippen molar-refractivity contribution in [3.8, 4) is 22.3 Å². The Balaban J connectivity index is 0.000000141. The standard InChI is InChI=1S/C12H8.C8H8N2O2/c1-2-6-10-9(5-1)11-7-3-4-8-12(10)11;9-7(11)5-1-2-6(4-3-5)8(10)12/h1-8H;1-4H,(H2,9,11)(H2,10,12). The van der Waals surface area contributed by atoms with Crippen LogP contribution in [0.25, 0.3) is 22.3 Å². The molecule has 118 valence electrons. The average molecular weight is 316 g/mol. The van der Waals surface area contributed by atoms with E-state index in [0.717, 1.165) is 0 Å². The lowest BCUT2D eigenvalue weighted by molar-refractivity contribution is 0.0988. The number of primary amides is 2. The Kier molecular flexibility index (Phi) is 4.12. The molecule has 0 unspecified atom stereocenters. The highest BCUT2D eigenvalue weighted by molar-refractivity contribution is 6.02. The molecule has 0 spiro atoms. The summed E-state index contributed by atoms with van der Waals surface area (Å²) in [6.45, 7) is 0. The molecular formula is C20H16N2O2. The van der Waals surface area contributed by atoms with Crippen molar-refractivity contribution >= 4 is 11.8 Å². The number of hydrogen-bond donors (Lipinski definition) is 2. The van der Waals surface area contributed by atoms with Crippen LogP contribution in [0, 0.1) is 0 Å². The van der Waals surface area contributed by atoms with Crippen molar-refractivity contribution in [2.24, 2.45) is 11.5 Å². The maximum atomic E-state index is 10.6. The molecule has 4 N–H and O–H groups in total. The minimum atomic E-state index is -0.522. The molecule has 2 amide bonds. The lowest BCUT2D eigenvalue weighted by atomic mass is 9.81. The normalized spacial score (nSPS) is 10.3. The van der Waals surface area contributed by atoms with Crippen LogP contribution in [-0.4, -0.2) is 11.8 Å². The molecule has 0 radical (unpaired) electrons. The molecule has 3 aromatic carbocycles. The zero-order valence-electron chi connectivity index (χ0n) is 12.9. The largest absolute Gasteiger partial charge is 0.366 e. The first-order valence-corrected chi connectivity index (χ1v) is 7.46. The predicted octanol–water partition coefficient (Wildman–Crippen LogP) is 3.22. The van der Waals surface area contributed by atoms with Gasteiger partial charge in [0.2, 0.25) is 11.8 Å². The number of rotatable bonds is 2. The topological polar surface area (TPSA) is 86.2 Å². The Morgan fingerprint density at radius 2 is 0.750 bits per heavy atom. The van der Waals surface area contributed by atoms with Crippen molar-refractivity contribution in [3.05, 3.63) is 83.9 Å². The van der Waals surface area contributed by atoms with E-state index in [-0.39, 0.29) is 0 Å². The lowest BCUT2D eigenvalue weighted by Gasteiger charge is -2.22. The van der Waals surface area contributed by atoms with Gasteiger partial charge in [0.05, 0.1) is 0 Å². The summed E-state index contributed by atoms with van der Waals surface area (Å²) >= 11 is 0. The Hall–Kier alpha value is -3.40. The summed E-state index contributed by atoms with van der Waals surface area (Å²) in [5.41, 5.74) is 16.3. The molecule has 0 bridgehead atoms. The van der Waals surface area contributed by atoms with Crippen LogP contribution in [-0.2, 0) is 0 Å². The van der Waals surface area contributed by atoms with E-state index < -0.39 is 11.8 Å². The molecule has 0 saturated heterocycles. The molecule has 1 aliphatic rings. The van der Waals surface area contributed by atoms with Gasteiger partial charge in [-0.05, 0) is 46.5 Å². The summed E-state index contributed by atoms with van der Waals surface area (Å²) in [6.07, 6.45) is 0. The van der Waals surface area contributed by atoms with Crippen molar-refractivity contribution in [1.82, 2.24) is 0 Å². The molecule has 0 atom stereocenters. The zero-order chi connectivity index (χ0) is 17.1. The van der Waals surface area contributed by atoms with Gasteiger partial charge in [0.15, 0.2) is 0 Å². The number of carbonyl (C=O) groups excluding carboxylic acids is 2. The van der Waals surface area contributed by atoms with Gasteiger partial charge >= 0.3 is 0 Å². The fraction of sp³-hybridized carbons (Fsp3) is 0. The van der Waals surface area contributed by atoms with Gasteiger partial charge in [0, 0.05) is 11.1 Å². The maximum absolute atomic E-state index is 10.6. The monoisotopic (exact) mass is 316 g/mol. The van der Waals surface area contributed by atoms with Crippen LogP contribution in [0.1, 0.15) is 20.7 Å². The lowest BCUT2D eigenvalue weighted by Crippen LogP contribution is -2.13.